The van der Waals surface area contributed by atoms with Crippen molar-refractivity contribution in [3.05, 3.63) is 22.4 Å². The Labute approximate surface area is 91.8 Å². The summed E-state index contributed by atoms with van der Waals surface area (Å²) in [5.74, 6) is 0.488. The molecule has 0 spiro atoms. The maximum Gasteiger partial charge on any atom is 0.0623 e. The van der Waals surface area contributed by atoms with Crippen LogP contribution in [0.5, 0.6) is 0 Å². The van der Waals surface area contributed by atoms with Crippen LogP contribution in [-0.2, 0) is 4.74 Å². The van der Waals surface area contributed by atoms with Crippen LogP contribution in [0.1, 0.15) is 24.5 Å². The number of ether oxygens (including phenoxy) is 1. The van der Waals surface area contributed by atoms with Crippen LogP contribution in [0.25, 0.3) is 0 Å². The van der Waals surface area contributed by atoms with Gasteiger partial charge < -0.3 is 10.5 Å². The van der Waals surface area contributed by atoms with Crippen LogP contribution < -0.4 is 5.73 Å². The summed E-state index contributed by atoms with van der Waals surface area (Å²) in [6.45, 7) is 1.65. The lowest BCUT2D eigenvalue weighted by molar-refractivity contribution is 0.0844. The number of nitrogens with zero attached hydrogens (tertiary/aromatic N) is 1. The number of halogens is 1. The van der Waals surface area contributed by atoms with E-state index < -0.39 is 0 Å². The van der Waals surface area contributed by atoms with Gasteiger partial charge in [0.05, 0.1) is 10.2 Å². The number of nitrogen functional groups attached to an aromatic ring is 1. The van der Waals surface area contributed by atoms with E-state index in [1.54, 1.807) is 6.20 Å². The highest BCUT2D eigenvalue weighted by Crippen LogP contribution is 2.33. The zero-order valence-electron chi connectivity index (χ0n) is 7.87. The third-order valence-corrected chi connectivity index (χ3v) is 3.42. The molecule has 0 aliphatic carbocycles. The number of aromatic nitrogens is 1. The van der Waals surface area contributed by atoms with Gasteiger partial charge in [-0.05, 0) is 34.8 Å². The highest BCUT2D eigenvalue weighted by molar-refractivity contribution is 9.10. The summed E-state index contributed by atoms with van der Waals surface area (Å²) in [4.78, 5) is 4.38. The first kappa shape index (κ1) is 9.93. The normalized spacial score (nSPS) is 18.4. The zero-order chi connectivity index (χ0) is 9.97. The summed E-state index contributed by atoms with van der Waals surface area (Å²) >= 11 is 3.49. The van der Waals surface area contributed by atoms with E-state index in [4.69, 9.17) is 10.5 Å². The topological polar surface area (TPSA) is 48.1 Å². The highest BCUT2D eigenvalue weighted by Gasteiger charge is 2.20. The van der Waals surface area contributed by atoms with Crippen LogP contribution >= 0.6 is 15.9 Å². The predicted molar refractivity (Wildman–Crippen MR) is 59.1 cm³/mol. The summed E-state index contributed by atoms with van der Waals surface area (Å²) < 4.78 is 6.27. The molecular weight excluding hydrogens is 244 g/mol. The molecule has 0 bridgehead atoms. The molecule has 0 saturated carbocycles. The number of hydrogen-bond acceptors (Lipinski definition) is 3. The van der Waals surface area contributed by atoms with Crippen LogP contribution in [0, 0.1) is 0 Å². The molecule has 76 valence electrons. The molecule has 0 atom stereocenters. The largest absolute Gasteiger partial charge is 0.398 e. The Morgan fingerprint density at radius 3 is 2.86 bits per heavy atom. The smallest absolute Gasteiger partial charge is 0.0623 e. The summed E-state index contributed by atoms with van der Waals surface area (Å²) in [6.07, 6.45) is 3.84. The number of rotatable bonds is 1. The molecule has 2 heterocycles. The molecule has 1 aliphatic rings. The summed E-state index contributed by atoms with van der Waals surface area (Å²) in [6, 6.07) is 1.81. The van der Waals surface area contributed by atoms with E-state index in [0.717, 1.165) is 41.9 Å². The van der Waals surface area contributed by atoms with Crippen LogP contribution in [-0.4, -0.2) is 18.2 Å². The molecule has 2 N–H and O–H groups in total. The van der Waals surface area contributed by atoms with Gasteiger partial charge in [0.1, 0.15) is 0 Å². The molecule has 1 aliphatic heterocycles. The van der Waals surface area contributed by atoms with Crippen molar-refractivity contribution < 1.29 is 4.74 Å². The van der Waals surface area contributed by atoms with Crippen molar-refractivity contribution in [3.63, 3.8) is 0 Å². The van der Waals surface area contributed by atoms with Gasteiger partial charge in [0.25, 0.3) is 0 Å². The summed E-state index contributed by atoms with van der Waals surface area (Å²) in [5, 5.41) is 0. The van der Waals surface area contributed by atoms with E-state index in [1.807, 2.05) is 6.07 Å². The molecule has 0 aromatic carbocycles. The number of pyridine rings is 1. The van der Waals surface area contributed by atoms with Gasteiger partial charge in [-0.3, -0.25) is 4.98 Å². The van der Waals surface area contributed by atoms with Crippen molar-refractivity contribution in [1.29, 1.82) is 0 Å². The SMILES string of the molecule is Nc1ccnc(C2CCOCC2)c1Br. The third-order valence-electron chi connectivity index (χ3n) is 2.55. The van der Waals surface area contributed by atoms with Gasteiger partial charge in [-0.15, -0.1) is 0 Å². The molecule has 1 aromatic rings. The van der Waals surface area contributed by atoms with E-state index in [0.29, 0.717) is 5.92 Å². The first-order chi connectivity index (χ1) is 6.79. The van der Waals surface area contributed by atoms with Gasteiger partial charge in [0.2, 0.25) is 0 Å². The van der Waals surface area contributed by atoms with Gasteiger partial charge in [-0.2, -0.15) is 0 Å². The molecule has 3 nitrogen and oxygen atoms in total. The number of nitrogens with two attached hydrogens (primary N) is 1. The molecule has 1 aromatic heterocycles. The van der Waals surface area contributed by atoms with Gasteiger partial charge in [0.15, 0.2) is 0 Å². The molecule has 0 radical (unpaired) electrons. The second-order valence-corrected chi connectivity index (χ2v) is 4.28. The van der Waals surface area contributed by atoms with E-state index in [2.05, 4.69) is 20.9 Å². The Morgan fingerprint density at radius 1 is 1.43 bits per heavy atom. The average molecular weight is 257 g/mol. The Balaban J connectivity index is 2.26. The van der Waals surface area contributed by atoms with Gasteiger partial charge in [-0.25, -0.2) is 0 Å². The fraction of sp³-hybridized carbons (Fsp3) is 0.500. The summed E-state index contributed by atoms with van der Waals surface area (Å²) in [5.41, 5.74) is 7.65. The monoisotopic (exact) mass is 256 g/mol. The lowest BCUT2D eigenvalue weighted by Crippen LogP contribution is -2.15. The molecule has 14 heavy (non-hydrogen) atoms. The zero-order valence-corrected chi connectivity index (χ0v) is 9.46. The van der Waals surface area contributed by atoms with Gasteiger partial charge in [0, 0.05) is 31.0 Å². The molecular formula is C10H13BrN2O. The maximum absolute atomic E-state index is 5.81. The molecule has 1 saturated heterocycles. The predicted octanol–water partition coefficient (Wildman–Crippen LogP) is 2.32. The van der Waals surface area contributed by atoms with Crippen molar-refractivity contribution in [2.24, 2.45) is 0 Å². The Morgan fingerprint density at radius 2 is 2.14 bits per heavy atom. The fourth-order valence-corrected chi connectivity index (χ4v) is 2.29. The second-order valence-electron chi connectivity index (χ2n) is 3.49. The van der Waals surface area contributed by atoms with Crippen molar-refractivity contribution >= 4 is 21.6 Å². The Hall–Kier alpha value is -0.610. The average Bonchev–Trinajstić information content (AvgIpc) is 2.23. The first-order valence-electron chi connectivity index (χ1n) is 4.76. The van der Waals surface area contributed by atoms with E-state index in [-0.39, 0.29) is 0 Å². The van der Waals surface area contributed by atoms with Crippen LogP contribution in [0.3, 0.4) is 0 Å². The summed E-state index contributed by atoms with van der Waals surface area (Å²) in [7, 11) is 0. The van der Waals surface area contributed by atoms with Crippen molar-refractivity contribution in [2.45, 2.75) is 18.8 Å². The quantitative estimate of drug-likeness (QED) is 0.839. The standard InChI is InChI=1S/C10H13BrN2O/c11-9-8(12)1-4-13-10(9)7-2-5-14-6-3-7/h1,4,7H,2-3,5-6H2,(H2,12,13). The Kier molecular flexibility index (Phi) is 3.03. The second kappa shape index (κ2) is 4.28. The van der Waals surface area contributed by atoms with E-state index >= 15 is 0 Å². The van der Waals surface area contributed by atoms with Crippen molar-refractivity contribution in [1.82, 2.24) is 4.98 Å². The molecule has 0 unspecified atom stereocenters. The fourth-order valence-electron chi connectivity index (χ4n) is 1.73. The van der Waals surface area contributed by atoms with E-state index in [1.165, 1.54) is 0 Å². The van der Waals surface area contributed by atoms with Crippen LogP contribution in [0.4, 0.5) is 5.69 Å². The minimum absolute atomic E-state index is 0.488. The minimum atomic E-state index is 0.488. The lowest BCUT2D eigenvalue weighted by Gasteiger charge is -2.22. The Bertz CT molecular complexity index is 324. The maximum atomic E-state index is 5.81. The van der Waals surface area contributed by atoms with Gasteiger partial charge in [-0.1, -0.05) is 0 Å². The van der Waals surface area contributed by atoms with Crippen LogP contribution in [0.2, 0.25) is 0 Å². The lowest BCUT2D eigenvalue weighted by atomic mass is 9.96. The third kappa shape index (κ3) is 1.91. The number of hydrogen-bond donors (Lipinski definition) is 1. The van der Waals surface area contributed by atoms with Gasteiger partial charge >= 0.3 is 0 Å². The molecule has 2 rings (SSSR count). The first-order valence-corrected chi connectivity index (χ1v) is 5.56. The number of anilines is 1. The molecule has 4 heteroatoms. The van der Waals surface area contributed by atoms with Crippen molar-refractivity contribution in [2.75, 3.05) is 18.9 Å². The molecule has 1 fully saturated rings. The molecule has 0 amide bonds. The van der Waals surface area contributed by atoms with E-state index in [9.17, 15) is 0 Å². The minimum Gasteiger partial charge on any atom is -0.398 e. The van der Waals surface area contributed by atoms with Crippen molar-refractivity contribution in [3.8, 4) is 0 Å². The highest BCUT2D eigenvalue weighted by atomic mass is 79.9. The van der Waals surface area contributed by atoms with Crippen LogP contribution in [0.15, 0.2) is 16.7 Å².